The number of aromatic nitrogens is 1. The van der Waals surface area contributed by atoms with Crippen LogP contribution in [-0.4, -0.2) is 11.5 Å². The van der Waals surface area contributed by atoms with Crippen molar-refractivity contribution < 1.29 is 0 Å². The Bertz CT molecular complexity index is 279. The van der Waals surface area contributed by atoms with Crippen LogP contribution in [0.25, 0.3) is 5.57 Å². The van der Waals surface area contributed by atoms with Gasteiger partial charge in [0.1, 0.15) is 0 Å². The summed E-state index contributed by atoms with van der Waals surface area (Å²) in [6, 6.07) is 3.99. The highest BCUT2D eigenvalue weighted by atomic mass is 14.6. The molecule has 0 aliphatic rings. The van der Waals surface area contributed by atoms with Crippen molar-refractivity contribution in [3.63, 3.8) is 0 Å². The largest absolute Gasteiger partial charge is 0.330 e. The summed E-state index contributed by atoms with van der Waals surface area (Å²) in [6.07, 6.45) is 2.65. The van der Waals surface area contributed by atoms with Crippen molar-refractivity contribution in [2.75, 3.05) is 6.54 Å². The number of pyridine rings is 1. The van der Waals surface area contributed by atoms with Gasteiger partial charge in [-0.05, 0) is 43.2 Å². The van der Waals surface area contributed by atoms with E-state index in [-0.39, 0.29) is 0 Å². The van der Waals surface area contributed by atoms with Gasteiger partial charge in [0.05, 0.1) is 0 Å². The van der Waals surface area contributed by atoms with Crippen molar-refractivity contribution in [1.82, 2.24) is 4.98 Å². The van der Waals surface area contributed by atoms with E-state index in [1.807, 2.05) is 19.1 Å². The zero-order valence-corrected chi connectivity index (χ0v) is 7.38. The second kappa shape index (κ2) is 4.02. The van der Waals surface area contributed by atoms with Gasteiger partial charge < -0.3 is 5.73 Å². The van der Waals surface area contributed by atoms with E-state index in [1.54, 1.807) is 6.20 Å². The summed E-state index contributed by atoms with van der Waals surface area (Å²) in [5.74, 6) is 0. The van der Waals surface area contributed by atoms with Crippen molar-refractivity contribution in [3.8, 4) is 0 Å². The van der Waals surface area contributed by atoms with Crippen molar-refractivity contribution >= 4 is 5.57 Å². The van der Waals surface area contributed by atoms with Crippen LogP contribution in [0.5, 0.6) is 0 Å². The Balaban J connectivity index is 2.81. The lowest BCUT2D eigenvalue weighted by molar-refractivity contribution is 1.02. The molecular formula is C10H14N2. The van der Waals surface area contributed by atoms with Crippen LogP contribution in [0.15, 0.2) is 24.9 Å². The fourth-order valence-electron chi connectivity index (χ4n) is 1.08. The maximum absolute atomic E-state index is 5.43. The quantitative estimate of drug-likeness (QED) is 0.735. The molecule has 0 radical (unpaired) electrons. The van der Waals surface area contributed by atoms with Crippen molar-refractivity contribution in [1.29, 1.82) is 0 Å². The molecule has 2 heteroatoms. The van der Waals surface area contributed by atoms with E-state index in [9.17, 15) is 0 Å². The highest BCUT2D eigenvalue weighted by molar-refractivity contribution is 5.63. The zero-order valence-electron chi connectivity index (χ0n) is 7.38. The molecule has 0 saturated heterocycles. The van der Waals surface area contributed by atoms with Crippen LogP contribution in [0, 0.1) is 6.92 Å². The molecule has 0 aliphatic heterocycles. The molecule has 1 aromatic rings. The first-order valence-corrected chi connectivity index (χ1v) is 4.05. The van der Waals surface area contributed by atoms with Crippen LogP contribution in [0.4, 0.5) is 0 Å². The minimum atomic E-state index is 0.653. The molecule has 64 valence electrons. The summed E-state index contributed by atoms with van der Waals surface area (Å²) < 4.78 is 0. The van der Waals surface area contributed by atoms with Crippen LogP contribution in [-0.2, 0) is 0 Å². The molecule has 2 nitrogen and oxygen atoms in total. The number of rotatable bonds is 3. The Morgan fingerprint density at radius 2 is 2.42 bits per heavy atom. The third kappa shape index (κ3) is 2.17. The van der Waals surface area contributed by atoms with Crippen molar-refractivity contribution in [2.45, 2.75) is 13.3 Å². The van der Waals surface area contributed by atoms with Crippen molar-refractivity contribution in [2.24, 2.45) is 5.73 Å². The van der Waals surface area contributed by atoms with Crippen LogP contribution >= 0.6 is 0 Å². The molecule has 2 N–H and O–H groups in total. The molecule has 0 aliphatic carbocycles. The number of aryl methyl sites for hydroxylation is 1. The SMILES string of the molecule is C=C(CCN)c1ccnc(C)c1. The van der Waals surface area contributed by atoms with E-state index in [0.29, 0.717) is 6.54 Å². The van der Waals surface area contributed by atoms with Crippen LogP contribution in [0.1, 0.15) is 17.7 Å². The number of hydrogen-bond acceptors (Lipinski definition) is 2. The lowest BCUT2D eigenvalue weighted by atomic mass is 10.1. The van der Waals surface area contributed by atoms with Gasteiger partial charge in [-0.15, -0.1) is 0 Å². The van der Waals surface area contributed by atoms with Crippen molar-refractivity contribution in [3.05, 3.63) is 36.2 Å². The van der Waals surface area contributed by atoms with Gasteiger partial charge in [-0.1, -0.05) is 6.58 Å². The van der Waals surface area contributed by atoms with Gasteiger partial charge in [-0.25, -0.2) is 0 Å². The highest BCUT2D eigenvalue weighted by Gasteiger charge is 1.97. The maximum Gasteiger partial charge on any atom is 0.0378 e. The van der Waals surface area contributed by atoms with E-state index < -0.39 is 0 Å². The minimum absolute atomic E-state index is 0.653. The Morgan fingerprint density at radius 3 is 3.00 bits per heavy atom. The Hall–Kier alpha value is -1.15. The highest BCUT2D eigenvalue weighted by Crippen LogP contribution is 2.14. The van der Waals surface area contributed by atoms with E-state index in [0.717, 1.165) is 23.3 Å². The van der Waals surface area contributed by atoms with Crippen LogP contribution < -0.4 is 5.73 Å². The third-order valence-electron chi connectivity index (χ3n) is 1.75. The average molecular weight is 162 g/mol. The molecule has 0 saturated carbocycles. The third-order valence-corrected chi connectivity index (χ3v) is 1.75. The molecule has 0 atom stereocenters. The summed E-state index contributed by atoms with van der Waals surface area (Å²) in [5.41, 5.74) is 8.68. The van der Waals surface area contributed by atoms with E-state index in [2.05, 4.69) is 11.6 Å². The van der Waals surface area contributed by atoms with E-state index in [1.165, 1.54) is 0 Å². The normalized spacial score (nSPS) is 9.83. The Morgan fingerprint density at radius 1 is 1.67 bits per heavy atom. The monoisotopic (exact) mass is 162 g/mol. The predicted molar refractivity (Wildman–Crippen MR) is 51.7 cm³/mol. The number of nitrogens with two attached hydrogens (primary N) is 1. The maximum atomic E-state index is 5.43. The average Bonchev–Trinajstić information content (AvgIpc) is 2.05. The zero-order chi connectivity index (χ0) is 8.97. The van der Waals surface area contributed by atoms with Gasteiger partial charge in [0.15, 0.2) is 0 Å². The molecule has 0 spiro atoms. The first-order chi connectivity index (χ1) is 5.74. The Kier molecular flexibility index (Phi) is 3.00. The standard InChI is InChI=1S/C10H14N2/c1-8(3-5-11)10-4-6-12-9(2)7-10/h4,6-7H,1,3,5,11H2,2H3. The first-order valence-electron chi connectivity index (χ1n) is 4.05. The summed E-state index contributed by atoms with van der Waals surface area (Å²) >= 11 is 0. The van der Waals surface area contributed by atoms with Gasteiger partial charge in [0, 0.05) is 11.9 Å². The van der Waals surface area contributed by atoms with Gasteiger partial charge in [-0.3, -0.25) is 4.98 Å². The molecule has 0 unspecified atom stereocenters. The molecule has 1 rings (SSSR count). The molecule has 0 amide bonds. The van der Waals surface area contributed by atoms with E-state index in [4.69, 9.17) is 5.73 Å². The van der Waals surface area contributed by atoms with Gasteiger partial charge >= 0.3 is 0 Å². The number of hydrogen-bond donors (Lipinski definition) is 1. The van der Waals surface area contributed by atoms with Gasteiger partial charge in [0.2, 0.25) is 0 Å². The van der Waals surface area contributed by atoms with E-state index >= 15 is 0 Å². The fourth-order valence-corrected chi connectivity index (χ4v) is 1.08. The molecular weight excluding hydrogens is 148 g/mol. The second-order valence-corrected chi connectivity index (χ2v) is 2.83. The predicted octanol–water partition coefficient (Wildman–Crippen LogP) is 1.75. The lowest BCUT2D eigenvalue weighted by Crippen LogP contribution is -1.99. The summed E-state index contributed by atoms with van der Waals surface area (Å²) in [4.78, 5) is 4.11. The molecule has 0 aromatic carbocycles. The molecule has 1 heterocycles. The first kappa shape index (κ1) is 8.94. The minimum Gasteiger partial charge on any atom is -0.330 e. The van der Waals surface area contributed by atoms with Crippen LogP contribution in [0.3, 0.4) is 0 Å². The molecule has 12 heavy (non-hydrogen) atoms. The summed E-state index contributed by atoms with van der Waals surface area (Å²) in [6.45, 7) is 6.57. The second-order valence-electron chi connectivity index (χ2n) is 2.83. The Labute approximate surface area is 73.1 Å². The lowest BCUT2D eigenvalue weighted by Gasteiger charge is -2.03. The topological polar surface area (TPSA) is 38.9 Å². The van der Waals surface area contributed by atoms with Crippen LogP contribution in [0.2, 0.25) is 0 Å². The molecule has 0 fully saturated rings. The van der Waals surface area contributed by atoms with Gasteiger partial charge in [0.25, 0.3) is 0 Å². The summed E-state index contributed by atoms with van der Waals surface area (Å²) in [7, 11) is 0. The fraction of sp³-hybridized carbons (Fsp3) is 0.300. The smallest absolute Gasteiger partial charge is 0.0378 e. The molecule has 0 bridgehead atoms. The number of nitrogens with zero attached hydrogens (tertiary/aromatic N) is 1. The molecule has 1 aromatic heterocycles. The van der Waals surface area contributed by atoms with Gasteiger partial charge in [-0.2, -0.15) is 0 Å². The summed E-state index contributed by atoms with van der Waals surface area (Å²) in [5, 5.41) is 0.